The van der Waals surface area contributed by atoms with E-state index < -0.39 is 19.5 Å². The van der Waals surface area contributed by atoms with Gasteiger partial charge >= 0.3 is 0 Å². The number of hydrogen-bond donors (Lipinski definition) is 0. The van der Waals surface area contributed by atoms with E-state index in [-0.39, 0.29) is 0 Å². The molecule has 0 N–H and O–H groups in total. The third-order valence-corrected chi connectivity index (χ3v) is 1.54. The van der Waals surface area contributed by atoms with Crippen LogP contribution in [0.2, 0.25) is 0 Å². The summed E-state index contributed by atoms with van der Waals surface area (Å²) in [6.07, 6.45) is 0.443. The SMILES string of the molecule is Cc1nc[c]cc1OC(CF)CF. The molecule has 13 heavy (non-hydrogen) atoms. The first kappa shape index (κ1) is 9.89. The number of hydrogen-bond acceptors (Lipinski definition) is 2. The number of alkyl halides is 2. The summed E-state index contributed by atoms with van der Waals surface area (Å²) >= 11 is 0. The van der Waals surface area contributed by atoms with Crippen LogP contribution in [0.3, 0.4) is 0 Å². The molecule has 0 aromatic carbocycles. The first-order chi connectivity index (χ1) is 6.27. The quantitative estimate of drug-likeness (QED) is 0.716. The molecule has 1 rings (SSSR count). The van der Waals surface area contributed by atoms with E-state index in [1.165, 1.54) is 12.3 Å². The number of aryl methyl sites for hydroxylation is 1. The molecule has 0 unspecified atom stereocenters. The molecule has 1 radical (unpaired) electrons. The molecular formula is C9H10F2NO. The molecule has 1 aromatic rings. The van der Waals surface area contributed by atoms with Gasteiger partial charge in [0.2, 0.25) is 0 Å². The van der Waals surface area contributed by atoms with Gasteiger partial charge in [0.15, 0.2) is 6.10 Å². The maximum absolute atomic E-state index is 12.1. The van der Waals surface area contributed by atoms with Gasteiger partial charge < -0.3 is 4.74 Å². The van der Waals surface area contributed by atoms with Crippen LogP contribution >= 0.6 is 0 Å². The Labute approximate surface area is 75.6 Å². The van der Waals surface area contributed by atoms with Gasteiger partial charge in [-0.05, 0) is 13.0 Å². The average molecular weight is 186 g/mol. The van der Waals surface area contributed by atoms with Crippen molar-refractivity contribution >= 4 is 0 Å². The second-order valence-electron chi connectivity index (χ2n) is 2.57. The van der Waals surface area contributed by atoms with Crippen molar-refractivity contribution in [3.63, 3.8) is 0 Å². The van der Waals surface area contributed by atoms with E-state index in [2.05, 4.69) is 11.1 Å². The molecule has 1 aromatic heterocycles. The van der Waals surface area contributed by atoms with Gasteiger partial charge in [0.05, 0.1) is 5.69 Å². The van der Waals surface area contributed by atoms with Crippen LogP contribution in [0.5, 0.6) is 5.75 Å². The van der Waals surface area contributed by atoms with Gasteiger partial charge in [0.25, 0.3) is 0 Å². The lowest BCUT2D eigenvalue weighted by molar-refractivity contribution is 0.132. The van der Waals surface area contributed by atoms with E-state index in [4.69, 9.17) is 4.74 Å². The maximum Gasteiger partial charge on any atom is 0.155 e. The molecule has 71 valence electrons. The fourth-order valence-corrected chi connectivity index (χ4v) is 0.818. The summed E-state index contributed by atoms with van der Waals surface area (Å²) in [5.41, 5.74) is 0.602. The van der Waals surface area contributed by atoms with Crippen LogP contribution in [-0.4, -0.2) is 24.4 Å². The highest BCUT2D eigenvalue weighted by Crippen LogP contribution is 2.15. The average Bonchev–Trinajstić information content (AvgIpc) is 2.17. The van der Waals surface area contributed by atoms with Crippen LogP contribution in [0.15, 0.2) is 12.3 Å². The molecular weight excluding hydrogens is 176 g/mol. The molecule has 0 saturated carbocycles. The lowest BCUT2D eigenvalue weighted by atomic mass is 10.3. The summed E-state index contributed by atoms with van der Waals surface area (Å²) in [5, 5.41) is 0. The molecule has 1 heterocycles. The van der Waals surface area contributed by atoms with Crippen LogP contribution in [0, 0.1) is 13.0 Å². The molecule has 2 nitrogen and oxygen atoms in total. The summed E-state index contributed by atoms with van der Waals surface area (Å²) in [6.45, 7) is 0.0202. The molecule has 0 aliphatic rings. The second kappa shape index (κ2) is 4.74. The standard InChI is InChI=1S/C9H10F2NO/c1-7-9(3-2-4-12-7)13-8(5-10)6-11/h3-4,8H,5-6H2,1H3. The third-order valence-electron chi connectivity index (χ3n) is 1.54. The van der Waals surface area contributed by atoms with Gasteiger partial charge in [-0.2, -0.15) is 0 Å². The fraction of sp³-hybridized carbons (Fsp3) is 0.444. The van der Waals surface area contributed by atoms with Crippen molar-refractivity contribution in [2.45, 2.75) is 13.0 Å². The predicted molar refractivity (Wildman–Crippen MR) is 44.2 cm³/mol. The minimum Gasteiger partial charge on any atom is -0.483 e. The highest BCUT2D eigenvalue weighted by Gasteiger charge is 2.10. The molecule has 0 saturated heterocycles. The predicted octanol–water partition coefficient (Wildman–Crippen LogP) is 1.88. The minimum atomic E-state index is -1.03. The molecule has 0 atom stereocenters. The topological polar surface area (TPSA) is 22.1 Å². The highest BCUT2D eigenvalue weighted by atomic mass is 19.1. The van der Waals surface area contributed by atoms with Crippen LogP contribution < -0.4 is 4.74 Å². The van der Waals surface area contributed by atoms with Crippen molar-refractivity contribution in [2.75, 3.05) is 13.3 Å². The monoisotopic (exact) mass is 186 g/mol. The van der Waals surface area contributed by atoms with Crippen molar-refractivity contribution in [3.05, 3.63) is 24.0 Å². The van der Waals surface area contributed by atoms with E-state index in [1.807, 2.05) is 0 Å². The Morgan fingerprint density at radius 3 is 2.77 bits per heavy atom. The Balaban J connectivity index is 2.67. The number of nitrogens with zero attached hydrogens (tertiary/aromatic N) is 1. The van der Waals surface area contributed by atoms with Crippen molar-refractivity contribution in [3.8, 4) is 5.75 Å². The number of rotatable bonds is 4. The van der Waals surface area contributed by atoms with E-state index in [0.717, 1.165) is 0 Å². The van der Waals surface area contributed by atoms with Crippen LogP contribution in [0.1, 0.15) is 5.69 Å². The lowest BCUT2D eigenvalue weighted by Crippen LogP contribution is -2.21. The number of aromatic nitrogens is 1. The van der Waals surface area contributed by atoms with Crippen molar-refractivity contribution in [1.82, 2.24) is 4.98 Å². The molecule has 0 amide bonds. The van der Waals surface area contributed by atoms with E-state index >= 15 is 0 Å². The fourth-order valence-electron chi connectivity index (χ4n) is 0.818. The van der Waals surface area contributed by atoms with Gasteiger partial charge in [-0.25, -0.2) is 8.78 Å². The zero-order valence-electron chi connectivity index (χ0n) is 7.26. The first-order valence-corrected chi connectivity index (χ1v) is 3.89. The normalized spacial score (nSPS) is 10.5. The maximum atomic E-state index is 12.1. The summed E-state index contributed by atoms with van der Waals surface area (Å²) < 4.78 is 29.2. The first-order valence-electron chi connectivity index (χ1n) is 3.89. The summed E-state index contributed by atoms with van der Waals surface area (Å²) in [5.74, 6) is 0.378. The second-order valence-corrected chi connectivity index (χ2v) is 2.57. The molecule has 0 aliphatic heterocycles. The van der Waals surface area contributed by atoms with Crippen LogP contribution in [-0.2, 0) is 0 Å². The highest BCUT2D eigenvalue weighted by molar-refractivity contribution is 5.24. The van der Waals surface area contributed by atoms with Gasteiger partial charge in [-0.3, -0.25) is 4.98 Å². The zero-order valence-corrected chi connectivity index (χ0v) is 7.26. The Morgan fingerprint density at radius 2 is 2.23 bits per heavy atom. The molecule has 0 spiro atoms. The summed E-state index contributed by atoms with van der Waals surface area (Å²) in [6, 6.07) is 4.19. The van der Waals surface area contributed by atoms with Crippen LogP contribution in [0.25, 0.3) is 0 Å². The van der Waals surface area contributed by atoms with E-state index in [9.17, 15) is 8.78 Å². The summed E-state index contributed by atoms with van der Waals surface area (Å²) in [4.78, 5) is 3.88. The van der Waals surface area contributed by atoms with Gasteiger partial charge in [-0.15, -0.1) is 0 Å². The number of halogens is 2. The Hall–Kier alpha value is -1.19. The van der Waals surface area contributed by atoms with E-state index in [1.54, 1.807) is 6.92 Å². The van der Waals surface area contributed by atoms with Gasteiger partial charge in [0.1, 0.15) is 19.1 Å². The van der Waals surface area contributed by atoms with Gasteiger partial charge in [-0.1, -0.05) is 0 Å². The Morgan fingerprint density at radius 1 is 1.54 bits per heavy atom. The van der Waals surface area contributed by atoms with Gasteiger partial charge in [0, 0.05) is 12.3 Å². The zero-order chi connectivity index (χ0) is 9.68. The largest absolute Gasteiger partial charge is 0.483 e. The molecule has 4 heteroatoms. The molecule has 0 bridgehead atoms. The smallest absolute Gasteiger partial charge is 0.155 e. The van der Waals surface area contributed by atoms with Crippen molar-refractivity contribution < 1.29 is 13.5 Å². The summed E-state index contributed by atoms with van der Waals surface area (Å²) in [7, 11) is 0. The number of pyridine rings is 1. The molecule has 0 fully saturated rings. The van der Waals surface area contributed by atoms with E-state index in [0.29, 0.717) is 11.4 Å². The molecule has 0 aliphatic carbocycles. The third kappa shape index (κ3) is 2.65. The number of ether oxygens (including phenoxy) is 1. The van der Waals surface area contributed by atoms with Crippen molar-refractivity contribution in [2.24, 2.45) is 0 Å². The Kier molecular flexibility index (Phi) is 3.61. The van der Waals surface area contributed by atoms with Crippen molar-refractivity contribution in [1.29, 1.82) is 0 Å². The minimum absolute atomic E-state index is 0.378. The Bertz CT molecular complexity index is 264. The van der Waals surface area contributed by atoms with Crippen LogP contribution in [0.4, 0.5) is 8.78 Å². The lowest BCUT2D eigenvalue weighted by Gasteiger charge is -2.13.